The van der Waals surface area contributed by atoms with Gasteiger partial charge in [-0.2, -0.15) is 15.3 Å². The maximum atomic E-state index is 11.9. The molecule has 50 heavy (non-hydrogen) atoms. The van der Waals surface area contributed by atoms with Crippen molar-refractivity contribution in [2.75, 3.05) is 19.8 Å². The highest BCUT2D eigenvalue weighted by molar-refractivity contribution is 6.01. The van der Waals surface area contributed by atoms with Crippen LogP contribution >= 0.6 is 0 Å². The van der Waals surface area contributed by atoms with Crippen molar-refractivity contribution < 1.29 is 43.0 Å². The number of aromatic amines is 1. The van der Waals surface area contributed by atoms with E-state index in [9.17, 15) is 28.8 Å². The van der Waals surface area contributed by atoms with Crippen molar-refractivity contribution in [1.29, 1.82) is 0 Å². The third kappa shape index (κ3) is 8.61. The predicted molar refractivity (Wildman–Crippen MR) is 179 cm³/mol. The minimum atomic E-state index is -0.431. The number of nitrogens with one attached hydrogen (secondary N) is 1. The van der Waals surface area contributed by atoms with Crippen LogP contribution in [-0.4, -0.2) is 84.8 Å². The van der Waals surface area contributed by atoms with E-state index >= 15 is 0 Å². The van der Waals surface area contributed by atoms with Gasteiger partial charge in [0.1, 0.15) is 28.5 Å². The second-order valence-corrected chi connectivity index (χ2v) is 12.1. The standard InChI is InChI=1S/2C12H16N2O3.C11H14N2O3/c1-3-17-12(16)10-8-6-4-5-7-9(15)11(8)14(2)13-10;1-3-17-12(16)11-8-6-4-5-7-9(15)10(8)13-14(11)2;1-2-16-11(15)10-7-5-3-4-6-8(14)9(7)12-13-10/h2*3-7H2,1-2H3;2-6H2,1H3,(H,12,13). The molecule has 3 aromatic rings. The highest BCUT2D eigenvalue weighted by atomic mass is 16.5. The largest absolute Gasteiger partial charge is 0.461 e. The molecule has 0 saturated heterocycles. The molecule has 3 aliphatic rings. The number of carbonyl (C=O) groups is 6. The molecule has 0 saturated carbocycles. The predicted octanol–water partition coefficient (Wildman–Crippen LogP) is 4.51. The monoisotopic (exact) mass is 694 g/mol. The van der Waals surface area contributed by atoms with E-state index < -0.39 is 17.9 Å². The number of nitrogens with zero attached hydrogens (tertiary/aromatic N) is 5. The van der Waals surface area contributed by atoms with Crippen molar-refractivity contribution in [3.63, 3.8) is 0 Å². The zero-order chi connectivity index (χ0) is 36.4. The second kappa shape index (κ2) is 17.6. The zero-order valence-corrected chi connectivity index (χ0v) is 29.5. The van der Waals surface area contributed by atoms with Gasteiger partial charge in [-0.25, -0.2) is 14.4 Å². The lowest BCUT2D eigenvalue weighted by Gasteiger charge is -2.04. The molecule has 0 bridgehead atoms. The molecular formula is C35H46N6O9. The molecule has 15 heteroatoms. The van der Waals surface area contributed by atoms with E-state index in [1.165, 1.54) is 9.36 Å². The summed E-state index contributed by atoms with van der Waals surface area (Å²) in [5, 5.41) is 14.8. The molecule has 0 radical (unpaired) electrons. The lowest BCUT2D eigenvalue weighted by Crippen LogP contribution is -2.12. The maximum Gasteiger partial charge on any atom is 0.359 e. The van der Waals surface area contributed by atoms with Crippen LogP contribution in [0.25, 0.3) is 0 Å². The highest BCUT2D eigenvalue weighted by Gasteiger charge is 2.29. The Kier molecular flexibility index (Phi) is 13.3. The summed E-state index contributed by atoms with van der Waals surface area (Å²) >= 11 is 0. The average molecular weight is 695 g/mol. The van der Waals surface area contributed by atoms with Gasteiger partial charge >= 0.3 is 17.9 Å². The fraction of sp³-hybridized carbons (Fsp3) is 0.571. The van der Waals surface area contributed by atoms with Gasteiger partial charge in [0.25, 0.3) is 0 Å². The first kappa shape index (κ1) is 37.9. The van der Waals surface area contributed by atoms with Crippen LogP contribution < -0.4 is 0 Å². The molecule has 0 aliphatic heterocycles. The fourth-order valence-corrected chi connectivity index (χ4v) is 6.33. The van der Waals surface area contributed by atoms with Crippen LogP contribution in [0.1, 0.15) is 158 Å². The number of hydrogen-bond donors (Lipinski definition) is 1. The van der Waals surface area contributed by atoms with Gasteiger partial charge in [-0.1, -0.05) is 0 Å². The molecule has 3 aliphatic carbocycles. The number of esters is 3. The summed E-state index contributed by atoms with van der Waals surface area (Å²) < 4.78 is 17.8. The number of Topliss-reactive ketones (excluding diaryl/α,β-unsaturated/α-hetero) is 3. The Morgan fingerprint density at radius 3 is 1.72 bits per heavy atom. The lowest BCUT2D eigenvalue weighted by molar-refractivity contribution is 0.0504. The molecule has 3 aromatic heterocycles. The molecule has 0 unspecified atom stereocenters. The van der Waals surface area contributed by atoms with Gasteiger partial charge in [0.15, 0.2) is 23.0 Å². The van der Waals surface area contributed by atoms with Gasteiger partial charge in [-0.3, -0.25) is 28.8 Å². The van der Waals surface area contributed by atoms with Gasteiger partial charge in [-0.15, -0.1) is 0 Å². The van der Waals surface area contributed by atoms with Gasteiger partial charge in [0.2, 0.25) is 0 Å². The average Bonchev–Trinajstić information content (AvgIpc) is 3.62. The summed E-state index contributed by atoms with van der Waals surface area (Å²) in [6.07, 6.45) is 9.06. The molecule has 15 nitrogen and oxygen atoms in total. The minimum Gasteiger partial charge on any atom is -0.461 e. The van der Waals surface area contributed by atoms with Gasteiger partial charge in [0, 0.05) is 50.0 Å². The fourth-order valence-electron chi connectivity index (χ4n) is 6.33. The zero-order valence-electron chi connectivity index (χ0n) is 29.5. The van der Waals surface area contributed by atoms with Crippen LogP contribution in [0.2, 0.25) is 0 Å². The first-order chi connectivity index (χ1) is 24.0. The Morgan fingerprint density at radius 1 is 0.600 bits per heavy atom. The Bertz CT molecular complexity index is 1750. The number of H-pyrrole nitrogens is 1. The number of ether oxygens (including phenoxy) is 3. The van der Waals surface area contributed by atoms with Crippen LogP contribution in [0.5, 0.6) is 0 Å². The summed E-state index contributed by atoms with van der Waals surface area (Å²) in [6, 6.07) is 0. The van der Waals surface area contributed by atoms with Gasteiger partial charge in [-0.05, 0) is 78.6 Å². The summed E-state index contributed by atoms with van der Waals surface area (Å²) in [7, 11) is 3.37. The minimum absolute atomic E-state index is 0.0132. The molecule has 0 atom stereocenters. The number of carbonyl (C=O) groups excluding carboxylic acids is 6. The summed E-state index contributed by atoms with van der Waals surface area (Å²) in [6.45, 7) is 6.23. The van der Waals surface area contributed by atoms with E-state index in [1.54, 1.807) is 34.9 Å². The van der Waals surface area contributed by atoms with Crippen LogP contribution in [0.4, 0.5) is 0 Å². The van der Waals surface area contributed by atoms with E-state index in [0.717, 1.165) is 68.1 Å². The lowest BCUT2D eigenvalue weighted by atomic mass is 10.1. The van der Waals surface area contributed by atoms with Crippen molar-refractivity contribution in [2.24, 2.45) is 14.1 Å². The number of ketones is 3. The normalized spacial score (nSPS) is 15.3. The van der Waals surface area contributed by atoms with Crippen molar-refractivity contribution >= 4 is 35.3 Å². The molecule has 0 aromatic carbocycles. The Morgan fingerprint density at radius 2 is 1.10 bits per heavy atom. The van der Waals surface area contributed by atoms with Gasteiger partial charge < -0.3 is 14.2 Å². The van der Waals surface area contributed by atoms with Crippen LogP contribution in [0, 0.1) is 0 Å². The van der Waals surface area contributed by atoms with Gasteiger partial charge in [0.05, 0.1) is 19.8 Å². The van der Waals surface area contributed by atoms with E-state index in [4.69, 9.17) is 14.2 Å². The number of aryl methyl sites for hydroxylation is 2. The number of hydrogen-bond acceptors (Lipinski definition) is 12. The first-order valence-corrected chi connectivity index (χ1v) is 17.3. The Hall–Kier alpha value is -4.95. The molecule has 6 rings (SSSR count). The molecule has 0 spiro atoms. The van der Waals surface area contributed by atoms with Crippen molar-refractivity contribution in [3.8, 4) is 0 Å². The molecule has 0 fully saturated rings. The number of fused-ring (bicyclic) bond motifs is 3. The van der Waals surface area contributed by atoms with Crippen molar-refractivity contribution in [2.45, 2.75) is 97.8 Å². The van der Waals surface area contributed by atoms with Crippen LogP contribution in [0.15, 0.2) is 0 Å². The van der Waals surface area contributed by atoms with Crippen LogP contribution in [-0.2, 0) is 47.6 Å². The van der Waals surface area contributed by atoms with Crippen molar-refractivity contribution in [3.05, 3.63) is 50.9 Å². The summed E-state index contributed by atoms with van der Waals surface area (Å²) in [5.74, 6) is -1.13. The number of aromatic nitrogens is 6. The Labute approximate surface area is 290 Å². The van der Waals surface area contributed by atoms with Crippen molar-refractivity contribution in [1.82, 2.24) is 29.8 Å². The molecule has 270 valence electrons. The summed E-state index contributed by atoms with van der Waals surface area (Å²) in [5.41, 5.74) is 4.76. The molecular weight excluding hydrogens is 648 g/mol. The third-order valence-electron chi connectivity index (χ3n) is 8.61. The van der Waals surface area contributed by atoms with E-state index in [0.29, 0.717) is 79.7 Å². The SMILES string of the molecule is CCOC(=O)c1[nH]nc2c1CCCCC2=O.CCOC(=O)c1c2c(nn1C)C(=O)CCCC2.CCOC(=O)c1nn(C)c2c1CCCCC2=O. The van der Waals surface area contributed by atoms with Crippen LogP contribution in [0.3, 0.4) is 0 Å². The first-order valence-electron chi connectivity index (χ1n) is 17.3. The second-order valence-electron chi connectivity index (χ2n) is 12.1. The Balaban J connectivity index is 0.000000169. The van der Waals surface area contributed by atoms with E-state index in [1.807, 2.05) is 0 Å². The quantitative estimate of drug-likeness (QED) is 0.216. The third-order valence-corrected chi connectivity index (χ3v) is 8.61. The molecule has 3 heterocycles. The molecule has 1 N–H and O–H groups in total. The number of rotatable bonds is 6. The smallest absolute Gasteiger partial charge is 0.359 e. The van der Waals surface area contributed by atoms with E-state index in [-0.39, 0.29) is 17.3 Å². The highest BCUT2D eigenvalue weighted by Crippen LogP contribution is 2.25. The maximum absolute atomic E-state index is 11.9. The summed E-state index contributed by atoms with van der Waals surface area (Å²) in [4.78, 5) is 70.6. The topological polar surface area (TPSA) is 194 Å². The molecule has 0 amide bonds. The van der Waals surface area contributed by atoms with E-state index in [2.05, 4.69) is 20.4 Å².